The number of nitrogens with zero attached hydrogens (tertiary/aromatic N) is 1. The fourth-order valence-electron chi connectivity index (χ4n) is 2.72. The molecule has 0 aromatic heterocycles. The van der Waals surface area contributed by atoms with Crippen molar-refractivity contribution in [3.05, 3.63) is 0 Å². The molecule has 6 heteroatoms. The van der Waals surface area contributed by atoms with Crippen molar-refractivity contribution in [2.75, 3.05) is 25.4 Å². The Morgan fingerprint density at radius 3 is 2.60 bits per heavy atom. The standard InChI is InChI=1S/C14H27F3N2S/c1-4-6-12-9-18-13(11(3)5-2)10-19(12)7-8-20-14(15,16)17/h11-13,18H,4-10H2,1-3H3. The lowest BCUT2D eigenvalue weighted by Gasteiger charge is -2.42. The second kappa shape index (κ2) is 8.49. The molecule has 0 amide bonds. The number of thioether (sulfide) groups is 1. The smallest absolute Gasteiger partial charge is 0.311 e. The Hall–Kier alpha value is 0.0600. The van der Waals surface area contributed by atoms with Gasteiger partial charge in [-0.25, -0.2) is 0 Å². The molecule has 1 aliphatic heterocycles. The zero-order valence-electron chi connectivity index (χ0n) is 12.7. The molecule has 120 valence electrons. The molecule has 1 N–H and O–H groups in total. The number of alkyl halides is 3. The van der Waals surface area contributed by atoms with Crippen LogP contribution in [0.1, 0.15) is 40.0 Å². The van der Waals surface area contributed by atoms with Gasteiger partial charge in [0.2, 0.25) is 0 Å². The third-order valence-electron chi connectivity index (χ3n) is 4.16. The Labute approximate surface area is 124 Å². The number of hydrogen-bond donors (Lipinski definition) is 1. The minimum atomic E-state index is -4.11. The van der Waals surface area contributed by atoms with Gasteiger partial charge in [-0.3, -0.25) is 4.90 Å². The van der Waals surface area contributed by atoms with Crippen LogP contribution >= 0.6 is 11.8 Å². The van der Waals surface area contributed by atoms with Gasteiger partial charge in [0.05, 0.1) is 0 Å². The highest BCUT2D eigenvalue weighted by atomic mass is 32.2. The van der Waals surface area contributed by atoms with Gasteiger partial charge in [0.15, 0.2) is 0 Å². The first kappa shape index (κ1) is 18.1. The predicted octanol–water partition coefficient (Wildman–Crippen LogP) is 3.73. The summed E-state index contributed by atoms with van der Waals surface area (Å²) < 4.78 is 36.7. The molecule has 2 nitrogen and oxygen atoms in total. The van der Waals surface area contributed by atoms with Crippen LogP contribution in [0, 0.1) is 5.92 Å². The summed E-state index contributed by atoms with van der Waals surface area (Å²) in [4.78, 5) is 2.26. The Morgan fingerprint density at radius 2 is 2.05 bits per heavy atom. The van der Waals surface area contributed by atoms with Gasteiger partial charge in [0.1, 0.15) is 0 Å². The van der Waals surface area contributed by atoms with Crippen LogP contribution in [0.3, 0.4) is 0 Å². The lowest BCUT2D eigenvalue weighted by molar-refractivity contribution is -0.0330. The van der Waals surface area contributed by atoms with Crippen LogP contribution in [-0.4, -0.2) is 47.9 Å². The highest BCUT2D eigenvalue weighted by molar-refractivity contribution is 8.00. The fraction of sp³-hybridized carbons (Fsp3) is 1.00. The van der Waals surface area contributed by atoms with Crippen molar-refractivity contribution >= 4 is 11.8 Å². The normalized spacial score (nSPS) is 26.7. The van der Waals surface area contributed by atoms with Gasteiger partial charge in [-0.05, 0) is 24.1 Å². The van der Waals surface area contributed by atoms with Crippen LogP contribution < -0.4 is 5.32 Å². The van der Waals surface area contributed by atoms with Crippen molar-refractivity contribution in [1.82, 2.24) is 10.2 Å². The fourth-order valence-corrected chi connectivity index (χ4v) is 3.28. The van der Waals surface area contributed by atoms with Crippen LogP contribution in [0.5, 0.6) is 0 Å². The first-order chi connectivity index (χ1) is 9.37. The first-order valence-electron chi connectivity index (χ1n) is 7.55. The van der Waals surface area contributed by atoms with E-state index in [9.17, 15) is 13.2 Å². The quantitative estimate of drug-likeness (QED) is 0.771. The van der Waals surface area contributed by atoms with E-state index in [1.165, 1.54) is 0 Å². The van der Waals surface area contributed by atoms with E-state index in [1.54, 1.807) is 0 Å². The molecule has 3 unspecified atom stereocenters. The van der Waals surface area contributed by atoms with E-state index < -0.39 is 5.51 Å². The van der Waals surface area contributed by atoms with Gasteiger partial charge in [-0.1, -0.05) is 33.6 Å². The lowest BCUT2D eigenvalue weighted by Crippen LogP contribution is -2.58. The Bertz CT molecular complexity index is 274. The van der Waals surface area contributed by atoms with Crippen molar-refractivity contribution < 1.29 is 13.2 Å². The zero-order valence-corrected chi connectivity index (χ0v) is 13.5. The van der Waals surface area contributed by atoms with E-state index in [2.05, 4.69) is 31.0 Å². The van der Waals surface area contributed by atoms with E-state index in [4.69, 9.17) is 0 Å². The van der Waals surface area contributed by atoms with Crippen LogP contribution in [0.25, 0.3) is 0 Å². The Kier molecular flexibility index (Phi) is 7.69. The average molecular weight is 312 g/mol. The molecular formula is C14H27F3N2S. The monoisotopic (exact) mass is 312 g/mol. The molecule has 20 heavy (non-hydrogen) atoms. The van der Waals surface area contributed by atoms with Gasteiger partial charge >= 0.3 is 5.51 Å². The summed E-state index contributed by atoms with van der Waals surface area (Å²) in [7, 11) is 0. The van der Waals surface area contributed by atoms with E-state index in [1.807, 2.05) is 0 Å². The Balaban J connectivity index is 2.50. The van der Waals surface area contributed by atoms with Gasteiger partial charge in [0.25, 0.3) is 0 Å². The maximum Gasteiger partial charge on any atom is 0.441 e. The number of halogens is 3. The van der Waals surface area contributed by atoms with Gasteiger partial charge in [0, 0.05) is 37.5 Å². The summed E-state index contributed by atoms with van der Waals surface area (Å²) >= 11 is 0.101. The molecule has 1 heterocycles. The van der Waals surface area contributed by atoms with Crippen molar-refractivity contribution in [3.63, 3.8) is 0 Å². The summed E-state index contributed by atoms with van der Waals surface area (Å²) in [6.07, 6.45) is 3.22. The third-order valence-corrected chi connectivity index (χ3v) is 4.87. The molecule has 0 aromatic carbocycles. The number of hydrogen-bond acceptors (Lipinski definition) is 3. The van der Waals surface area contributed by atoms with Crippen molar-refractivity contribution in [3.8, 4) is 0 Å². The van der Waals surface area contributed by atoms with Gasteiger partial charge in [-0.2, -0.15) is 13.2 Å². The zero-order chi connectivity index (χ0) is 15.2. The molecule has 1 rings (SSSR count). The van der Waals surface area contributed by atoms with Gasteiger partial charge in [-0.15, -0.1) is 0 Å². The second-order valence-electron chi connectivity index (χ2n) is 5.63. The summed E-state index contributed by atoms with van der Waals surface area (Å²) in [6.45, 7) is 8.80. The predicted molar refractivity (Wildman–Crippen MR) is 80.0 cm³/mol. The maximum atomic E-state index is 12.2. The third kappa shape index (κ3) is 6.22. The van der Waals surface area contributed by atoms with Crippen molar-refractivity contribution in [1.29, 1.82) is 0 Å². The minimum absolute atomic E-state index is 0.101. The SMILES string of the molecule is CCCC1CNC(C(C)CC)CN1CCSC(F)(F)F. The molecule has 0 saturated carbocycles. The molecule has 0 bridgehead atoms. The van der Waals surface area contributed by atoms with Crippen LogP contribution in [0.2, 0.25) is 0 Å². The molecule has 1 saturated heterocycles. The molecular weight excluding hydrogens is 285 g/mol. The lowest BCUT2D eigenvalue weighted by atomic mass is 9.94. The second-order valence-corrected chi connectivity index (χ2v) is 6.79. The molecule has 1 aliphatic rings. The Morgan fingerprint density at radius 1 is 1.35 bits per heavy atom. The summed E-state index contributed by atoms with van der Waals surface area (Å²) in [5.41, 5.74) is -4.11. The molecule has 0 radical (unpaired) electrons. The van der Waals surface area contributed by atoms with Crippen molar-refractivity contribution in [2.45, 2.75) is 57.6 Å². The summed E-state index contributed by atoms with van der Waals surface area (Å²) in [5.74, 6) is 0.701. The van der Waals surface area contributed by atoms with E-state index in [0.717, 1.165) is 32.4 Å². The largest absolute Gasteiger partial charge is 0.441 e. The van der Waals surface area contributed by atoms with E-state index >= 15 is 0 Å². The number of piperazine rings is 1. The molecule has 0 spiro atoms. The minimum Gasteiger partial charge on any atom is -0.311 e. The van der Waals surface area contributed by atoms with Crippen LogP contribution in [0.15, 0.2) is 0 Å². The van der Waals surface area contributed by atoms with E-state index in [0.29, 0.717) is 24.5 Å². The molecule has 0 aliphatic carbocycles. The first-order valence-corrected chi connectivity index (χ1v) is 8.54. The van der Waals surface area contributed by atoms with Crippen LogP contribution in [0.4, 0.5) is 13.2 Å². The number of nitrogens with one attached hydrogen (secondary N) is 1. The number of rotatable bonds is 7. The average Bonchev–Trinajstić information content (AvgIpc) is 2.38. The van der Waals surface area contributed by atoms with Crippen LogP contribution in [-0.2, 0) is 0 Å². The maximum absolute atomic E-state index is 12.2. The molecule has 1 fully saturated rings. The highest BCUT2D eigenvalue weighted by Crippen LogP contribution is 2.30. The topological polar surface area (TPSA) is 15.3 Å². The molecule has 3 atom stereocenters. The highest BCUT2D eigenvalue weighted by Gasteiger charge is 2.32. The molecule has 0 aromatic rings. The summed E-state index contributed by atoms with van der Waals surface area (Å²) in [5, 5.41) is 3.57. The van der Waals surface area contributed by atoms with Crippen molar-refractivity contribution in [2.24, 2.45) is 5.92 Å². The van der Waals surface area contributed by atoms with E-state index in [-0.39, 0.29) is 17.5 Å². The van der Waals surface area contributed by atoms with Gasteiger partial charge < -0.3 is 5.32 Å². The summed E-state index contributed by atoms with van der Waals surface area (Å²) in [6, 6.07) is 0.790.